The fourth-order valence-electron chi connectivity index (χ4n) is 5.62. The molecule has 5 rings (SSSR count). The van der Waals surface area contributed by atoms with Gasteiger partial charge in [0.05, 0.1) is 0 Å². The van der Waals surface area contributed by atoms with E-state index in [1.165, 1.54) is 53.5 Å². The number of fused-ring (bicyclic) bond motifs is 3. The fourth-order valence-corrected chi connectivity index (χ4v) is 5.62. The van der Waals surface area contributed by atoms with Gasteiger partial charge in [0, 0.05) is 18.3 Å². The van der Waals surface area contributed by atoms with Gasteiger partial charge in [0.2, 0.25) is 0 Å². The van der Waals surface area contributed by atoms with Crippen LogP contribution in [0.15, 0.2) is 60.7 Å². The number of anilines is 1. The zero-order chi connectivity index (χ0) is 22.8. The molecule has 2 aliphatic rings. The molecule has 3 aromatic rings. The monoisotopic (exact) mass is 438 g/mol. The topological polar surface area (TPSA) is 32.3 Å². The number of amides is 2. The van der Waals surface area contributed by atoms with Gasteiger partial charge < -0.3 is 10.2 Å². The van der Waals surface area contributed by atoms with Gasteiger partial charge in [0.15, 0.2) is 0 Å². The maximum atomic E-state index is 13.7. The lowest BCUT2D eigenvalue weighted by molar-refractivity contribution is 0.175. The molecule has 1 saturated carbocycles. The molecule has 0 heterocycles. The quantitative estimate of drug-likeness (QED) is 0.326. The van der Waals surface area contributed by atoms with Gasteiger partial charge >= 0.3 is 6.03 Å². The zero-order valence-corrected chi connectivity index (χ0v) is 19.9. The second kappa shape index (κ2) is 9.43. The highest BCUT2D eigenvalue weighted by Crippen LogP contribution is 2.37. The van der Waals surface area contributed by atoms with Crippen LogP contribution in [0.4, 0.5) is 10.5 Å². The molecule has 0 saturated heterocycles. The molecule has 0 radical (unpaired) electrons. The van der Waals surface area contributed by atoms with Crippen LogP contribution in [0.3, 0.4) is 0 Å². The number of rotatable bonds is 4. The van der Waals surface area contributed by atoms with Crippen LogP contribution in [0.5, 0.6) is 0 Å². The van der Waals surface area contributed by atoms with E-state index >= 15 is 0 Å². The Hall–Kier alpha value is -3.07. The van der Waals surface area contributed by atoms with E-state index in [-0.39, 0.29) is 6.03 Å². The van der Waals surface area contributed by atoms with Crippen LogP contribution in [-0.2, 0) is 13.0 Å². The molecule has 3 heteroatoms. The lowest BCUT2D eigenvalue weighted by Crippen LogP contribution is -2.42. The summed E-state index contributed by atoms with van der Waals surface area (Å²) in [6, 6.07) is 22.0. The van der Waals surface area contributed by atoms with Crippen molar-refractivity contribution in [2.45, 2.75) is 71.4 Å². The Labute approximate surface area is 197 Å². The first kappa shape index (κ1) is 21.8. The first-order valence-corrected chi connectivity index (χ1v) is 12.4. The van der Waals surface area contributed by atoms with Crippen LogP contribution < -0.4 is 5.32 Å². The molecule has 170 valence electrons. The van der Waals surface area contributed by atoms with E-state index in [0.29, 0.717) is 12.6 Å². The Morgan fingerprint density at radius 2 is 1.55 bits per heavy atom. The maximum Gasteiger partial charge on any atom is 0.322 e. The summed E-state index contributed by atoms with van der Waals surface area (Å²) in [5, 5.41) is 3.27. The van der Waals surface area contributed by atoms with Crippen molar-refractivity contribution in [2.75, 3.05) is 5.32 Å². The van der Waals surface area contributed by atoms with Crippen molar-refractivity contribution in [3.05, 3.63) is 88.5 Å². The molecule has 3 nitrogen and oxygen atoms in total. The third-order valence-corrected chi connectivity index (χ3v) is 7.45. The molecular weight excluding hydrogens is 404 g/mol. The summed E-state index contributed by atoms with van der Waals surface area (Å²) in [7, 11) is 0. The number of hydrogen-bond donors (Lipinski definition) is 1. The third kappa shape index (κ3) is 4.55. The summed E-state index contributed by atoms with van der Waals surface area (Å²) in [5.74, 6) is 0. The summed E-state index contributed by atoms with van der Waals surface area (Å²) in [6.07, 6.45) is 8.14. The van der Waals surface area contributed by atoms with E-state index in [1.807, 2.05) is 6.07 Å². The Kier molecular flexibility index (Phi) is 6.22. The van der Waals surface area contributed by atoms with Gasteiger partial charge in [-0.05, 0) is 72.1 Å². The molecule has 0 bridgehead atoms. The molecule has 0 spiro atoms. The second-order valence-corrected chi connectivity index (χ2v) is 9.80. The Bertz CT molecular complexity index is 1140. The fraction of sp³-hybridized carbons (Fsp3) is 0.367. The molecule has 0 aliphatic heterocycles. The highest BCUT2D eigenvalue weighted by Gasteiger charge is 2.26. The van der Waals surface area contributed by atoms with Gasteiger partial charge in [-0.2, -0.15) is 0 Å². The van der Waals surface area contributed by atoms with Gasteiger partial charge in [-0.25, -0.2) is 4.79 Å². The summed E-state index contributed by atoms with van der Waals surface area (Å²) < 4.78 is 0. The Balaban J connectivity index is 1.41. The van der Waals surface area contributed by atoms with E-state index in [2.05, 4.69) is 78.7 Å². The lowest BCUT2D eigenvalue weighted by Gasteiger charge is -2.32. The minimum absolute atomic E-state index is 0.0306. The molecule has 2 aliphatic carbocycles. The number of nitrogens with zero attached hydrogens (tertiary/aromatic N) is 1. The lowest BCUT2D eigenvalue weighted by atomic mass is 10.0. The van der Waals surface area contributed by atoms with Crippen LogP contribution in [0.25, 0.3) is 11.1 Å². The predicted octanol–water partition coefficient (Wildman–Crippen LogP) is 7.63. The maximum absolute atomic E-state index is 13.7. The van der Waals surface area contributed by atoms with E-state index in [4.69, 9.17) is 0 Å². The van der Waals surface area contributed by atoms with Gasteiger partial charge in [-0.1, -0.05) is 86.3 Å². The van der Waals surface area contributed by atoms with Crippen LogP contribution in [0, 0.1) is 13.8 Å². The number of nitrogens with one attached hydrogen (secondary N) is 1. The van der Waals surface area contributed by atoms with Crippen molar-refractivity contribution in [3.8, 4) is 11.1 Å². The molecule has 3 aromatic carbocycles. The number of benzene rings is 3. The minimum Gasteiger partial charge on any atom is -0.317 e. The average molecular weight is 439 g/mol. The van der Waals surface area contributed by atoms with E-state index < -0.39 is 0 Å². The van der Waals surface area contributed by atoms with Crippen molar-refractivity contribution in [1.29, 1.82) is 0 Å². The predicted molar refractivity (Wildman–Crippen MR) is 137 cm³/mol. The molecule has 1 fully saturated rings. The Morgan fingerprint density at radius 1 is 0.848 bits per heavy atom. The van der Waals surface area contributed by atoms with Gasteiger partial charge in [0.1, 0.15) is 0 Å². The van der Waals surface area contributed by atoms with Gasteiger partial charge in [-0.3, -0.25) is 0 Å². The number of carbonyl (C=O) groups is 1. The number of hydrogen-bond acceptors (Lipinski definition) is 1. The highest BCUT2D eigenvalue weighted by molar-refractivity contribution is 5.91. The van der Waals surface area contributed by atoms with Crippen LogP contribution in [0.1, 0.15) is 66.3 Å². The first-order valence-electron chi connectivity index (χ1n) is 12.4. The van der Waals surface area contributed by atoms with Crippen molar-refractivity contribution in [3.63, 3.8) is 0 Å². The summed E-state index contributed by atoms with van der Waals surface area (Å²) in [5.41, 5.74) is 9.87. The van der Waals surface area contributed by atoms with E-state index in [1.54, 1.807) is 0 Å². The Morgan fingerprint density at radius 3 is 2.30 bits per heavy atom. The molecule has 2 amide bonds. The normalized spacial score (nSPS) is 15.5. The molecule has 1 N–H and O–H groups in total. The average Bonchev–Trinajstić information content (AvgIpc) is 2.97. The third-order valence-electron chi connectivity index (χ3n) is 7.45. The van der Waals surface area contributed by atoms with Crippen molar-refractivity contribution in [1.82, 2.24) is 4.90 Å². The largest absolute Gasteiger partial charge is 0.322 e. The van der Waals surface area contributed by atoms with Crippen LogP contribution in [0.2, 0.25) is 0 Å². The number of aryl methyl sites for hydroxylation is 2. The van der Waals surface area contributed by atoms with E-state index in [9.17, 15) is 4.79 Å². The first-order chi connectivity index (χ1) is 16.1. The van der Waals surface area contributed by atoms with Gasteiger partial charge in [0.25, 0.3) is 0 Å². The molecule has 0 atom stereocenters. The molecule has 0 aromatic heterocycles. The van der Waals surface area contributed by atoms with Crippen molar-refractivity contribution >= 4 is 11.7 Å². The zero-order valence-electron chi connectivity index (χ0n) is 19.9. The standard InChI is InChI=1S/C30H34N2O/c1-21-10-9-11-22(2)29(21)31-30(33)32(26-13-5-3-4-6-14-26)20-23-16-17-28-25(18-23)19-24-12-7-8-15-27(24)28/h7-12,15-18,26H,3-6,13-14,19-20H2,1-2H3,(H,31,33). The smallest absolute Gasteiger partial charge is 0.317 e. The van der Waals surface area contributed by atoms with Gasteiger partial charge in [-0.15, -0.1) is 0 Å². The summed E-state index contributed by atoms with van der Waals surface area (Å²) >= 11 is 0. The highest BCUT2D eigenvalue weighted by atomic mass is 16.2. The second-order valence-electron chi connectivity index (χ2n) is 9.80. The SMILES string of the molecule is Cc1cccc(C)c1NC(=O)N(Cc1ccc2c(c1)Cc1ccccc1-2)C1CCCCCC1. The molecular formula is C30H34N2O. The molecule has 33 heavy (non-hydrogen) atoms. The van der Waals surface area contributed by atoms with Crippen LogP contribution in [-0.4, -0.2) is 17.0 Å². The van der Waals surface area contributed by atoms with Crippen molar-refractivity contribution < 1.29 is 4.79 Å². The molecule has 0 unspecified atom stereocenters. The van der Waals surface area contributed by atoms with E-state index in [0.717, 1.165) is 36.1 Å². The summed E-state index contributed by atoms with van der Waals surface area (Å²) in [4.78, 5) is 15.8. The minimum atomic E-state index is 0.0306. The number of para-hydroxylation sites is 1. The number of urea groups is 1. The summed E-state index contributed by atoms with van der Waals surface area (Å²) in [6.45, 7) is 4.79. The number of carbonyl (C=O) groups excluding carboxylic acids is 1. The van der Waals surface area contributed by atoms with Crippen molar-refractivity contribution in [2.24, 2.45) is 0 Å². The van der Waals surface area contributed by atoms with Crippen LogP contribution >= 0.6 is 0 Å².